The quantitative estimate of drug-likeness (QED) is 0.799. The van der Waals surface area contributed by atoms with Crippen LogP contribution in [-0.2, 0) is 4.74 Å². The van der Waals surface area contributed by atoms with Crippen LogP contribution in [0.5, 0.6) is 0 Å². The maximum absolute atomic E-state index is 12.5. The number of nitrogen functional groups attached to an aromatic ring is 1. The predicted octanol–water partition coefficient (Wildman–Crippen LogP) is 1.14. The van der Waals surface area contributed by atoms with Gasteiger partial charge in [-0.2, -0.15) is 0 Å². The van der Waals surface area contributed by atoms with Gasteiger partial charge in [-0.25, -0.2) is 0 Å². The van der Waals surface area contributed by atoms with Crippen molar-refractivity contribution in [2.75, 3.05) is 25.5 Å². The van der Waals surface area contributed by atoms with Gasteiger partial charge >= 0.3 is 0 Å². The van der Waals surface area contributed by atoms with E-state index in [1.807, 2.05) is 6.92 Å². The van der Waals surface area contributed by atoms with Crippen molar-refractivity contribution in [3.63, 3.8) is 0 Å². The van der Waals surface area contributed by atoms with Crippen molar-refractivity contribution in [3.05, 3.63) is 28.8 Å². The SMILES string of the molecule is CC1COC(CO)CN1C(=O)c1cc(N)ccc1Cl. The highest BCUT2D eigenvalue weighted by Crippen LogP contribution is 2.23. The Morgan fingerprint density at radius 2 is 2.37 bits per heavy atom. The highest BCUT2D eigenvalue weighted by atomic mass is 35.5. The van der Waals surface area contributed by atoms with E-state index in [-0.39, 0.29) is 24.7 Å². The van der Waals surface area contributed by atoms with E-state index in [9.17, 15) is 4.79 Å². The smallest absolute Gasteiger partial charge is 0.255 e. The second kappa shape index (κ2) is 5.77. The Hall–Kier alpha value is -1.30. The molecule has 0 aromatic heterocycles. The van der Waals surface area contributed by atoms with Gasteiger partial charge in [-0.05, 0) is 25.1 Å². The maximum Gasteiger partial charge on any atom is 0.255 e. The monoisotopic (exact) mass is 284 g/mol. The molecule has 104 valence electrons. The third kappa shape index (κ3) is 3.00. The topological polar surface area (TPSA) is 75.8 Å². The molecule has 1 amide bonds. The molecule has 1 saturated heterocycles. The van der Waals surface area contributed by atoms with Gasteiger partial charge in [0, 0.05) is 12.2 Å². The molecule has 2 atom stereocenters. The van der Waals surface area contributed by atoms with Crippen LogP contribution in [0.3, 0.4) is 0 Å². The Kier molecular flexibility index (Phi) is 4.29. The number of amides is 1. The summed E-state index contributed by atoms with van der Waals surface area (Å²) in [6.45, 7) is 2.53. The fourth-order valence-corrected chi connectivity index (χ4v) is 2.27. The van der Waals surface area contributed by atoms with E-state index < -0.39 is 0 Å². The molecular formula is C13H17ClN2O3. The van der Waals surface area contributed by atoms with Gasteiger partial charge < -0.3 is 20.5 Å². The van der Waals surface area contributed by atoms with Crippen LogP contribution in [0, 0.1) is 0 Å². The van der Waals surface area contributed by atoms with E-state index in [2.05, 4.69) is 0 Å². The summed E-state index contributed by atoms with van der Waals surface area (Å²) in [6.07, 6.45) is -0.347. The summed E-state index contributed by atoms with van der Waals surface area (Å²) >= 11 is 6.04. The van der Waals surface area contributed by atoms with E-state index in [1.165, 1.54) is 0 Å². The molecule has 0 aliphatic carbocycles. The molecule has 19 heavy (non-hydrogen) atoms. The number of hydrogen-bond acceptors (Lipinski definition) is 4. The zero-order valence-electron chi connectivity index (χ0n) is 10.7. The minimum absolute atomic E-state index is 0.0622. The maximum atomic E-state index is 12.5. The Morgan fingerprint density at radius 1 is 1.63 bits per heavy atom. The van der Waals surface area contributed by atoms with E-state index in [0.717, 1.165) is 0 Å². The van der Waals surface area contributed by atoms with Crippen LogP contribution in [0.4, 0.5) is 5.69 Å². The van der Waals surface area contributed by atoms with Gasteiger partial charge in [0.2, 0.25) is 0 Å². The summed E-state index contributed by atoms with van der Waals surface area (Å²) in [5.41, 5.74) is 6.56. The number of hydrogen-bond donors (Lipinski definition) is 2. The number of carbonyl (C=O) groups excluding carboxylic acids is 1. The summed E-state index contributed by atoms with van der Waals surface area (Å²) in [6, 6.07) is 4.77. The van der Waals surface area contributed by atoms with Gasteiger partial charge in [0.05, 0.1) is 35.9 Å². The molecule has 6 heteroatoms. The van der Waals surface area contributed by atoms with Crippen LogP contribution in [0.15, 0.2) is 18.2 Å². The number of ether oxygens (including phenoxy) is 1. The molecule has 1 aliphatic rings. The lowest BCUT2D eigenvalue weighted by Gasteiger charge is -2.37. The molecule has 2 rings (SSSR count). The number of carbonyl (C=O) groups is 1. The summed E-state index contributed by atoms with van der Waals surface area (Å²) in [5.74, 6) is -0.188. The van der Waals surface area contributed by atoms with Crippen molar-refractivity contribution >= 4 is 23.2 Å². The average Bonchev–Trinajstić information content (AvgIpc) is 2.41. The van der Waals surface area contributed by atoms with Gasteiger partial charge in [-0.3, -0.25) is 4.79 Å². The van der Waals surface area contributed by atoms with Crippen molar-refractivity contribution < 1.29 is 14.6 Å². The van der Waals surface area contributed by atoms with Crippen LogP contribution in [0.2, 0.25) is 5.02 Å². The standard InChI is InChI=1S/C13H17ClN2O3/c1-8-7-19-10(6-17)5-16(8)13(18)11-4-9(15)2-3-12(11)14/h2-4,8,10,17H,5-7,15H2,1H3. The number of nitrogens with zero attached hydrogens (tertiary/aromatic N) is 1. The number of halogens is 1. The minimum atomic E-state index is -0.347. The molecule has 1 fully saturated rings. The molecule has 0 radical (unpaired) electrons. The molecule has 1 heterocycles. The molecule has 3 N–H and O–H groups in total. The van der Waals surface area contributed by atoms with Gasteiger partial charge in [0.1, 0.15) is 0 Å². The van der Waals surface area contributed by atoms with Crippen LogP contribution in [0.25, 0.3) is 0 Å². The van der Waals surface area contributed by atoms with E-state index in [1.54, 1.807) is 23.1 Å². The fraction of sp³-hybridized carbons (Fsp3) is 0.462. The van der Waals surface area contributed by atoms with Crippen molar-refractivity contribution in [3.8, 4) is 0 Å². The summed E-state index contributed by atoms with van der Waals surface area (Å²) in [5, 5.41) is 9.51. The van der Waals surface area contributed by atoms with Crippen molar-refractivity contribution in [2.24, 2.45) is 0 Å². The van der Waals surface area contributed by atoms with Gasteiger partial charge in [0.15, 0.2) is 0 Å². The highest BCUT2D eigenvalue weighted by molar-refractivity contribution is 6.34. The van der Waals surface area contributed by atoms with Crippen LogP contribution >= 0.6 is 11.6 Å². The first-order valence-electron chi connectivity index (χ1n) is 6.11. The van der Waals surface area contributed by atoms with E-state index in [0.29, 0.717) is 29.4 Å². The Morgan fingerprint density at radius 3 is 3.05 bits per heavy atom. The molecule has 0 saturated carbocycles. The van der Waals surface area contributed by atoms with Gasteiger partial charge in [-0.15, -0.1) is 0 Å². The summed E-state index contributed by atoms with van der Waals surface area (Å²) in [4.78, 5) is 14.2. The minimum Gasteiger partial charge on any atom is -0.399 e. The van der Waals surface area contributed by atoms with Crippen molar-refractivity contribution in [2.45, 2.75) is 19.1 Å². The molecule has 0 spiro atoms. The number of anilines is 1. The zero-order chi connectivity index (χ0) is 14.0. The molecule has 1 aromatic rings. The second-order valence-corrected chi connectivity index (χ2v) is 5.09. The summed E-state index contributed by atoms with van der Waals surface area (Å²) in [7, 11) is 0. The van der Waals surface area contributed by atoms with Gasteiger partial charge in [-0.1, -0.05) is 11.6 Å². The molecule has 5 nitrogen and oxygen atoms in total. The fourth-order valence-electron chi connectivity index (χ4n) is 2.07. The zero-order valence-corrected chi connectivity index (χ0v) is 11.4. The van der Waals surface area contributed by atoms with Crippen molar-refractivity contribution in [1.82, 2.24) is 4.90 Å². The highest BCUT2D eigenvalue weighted by Gasteiger charge is 2.30. The number of morpholine rings is 1. The molecule has 1 aliphatic heterocycles. The van der Waals surface area contributed by atoms with Gasteiger partial charge in [0.25, 0.3) is 5.91 Å². The predicted molar refractivity (Wildman–Crippen MR) is 73.2 cm³/mol. The van der Waals surface area contributed by atoms with Crippen LogP contribution in [0.1, 0.15) is 17.3 Å². The average molecular weight is 285 g/mol. The first-order chi connectivity index (χ1) is 9.02. The number of benzene rings is 1. The molecular weight excluding hydrogens is 268 g/mol. The molecule has 0 bridgehead atoms. The number of nitrogens with two attached hydrogens (primary N) is 1. The number of rotatable bonds is 2. The summed E-state index contributed by atoms with van der Waals surface area (Å²) < 4.78 is 5.41. The Balaban J connectivity index is 2.24. The van der Waals surface area contributed by atoms with Crippen LogP contribution in [-0.4, -0.2) is 47.8 Å². The third-order valence-corrected chi connectivity index (χ3v) is 3.52. The lowest BCUT2D eigenvalue weighted by atomic mass is 10.1. The first-order valence-corrected chi connectivity index (χ1v) is 6.49. The normalized spacial score (nSPS) is 23.4. The van der Waals surface area contributed by atoms with Crippen LogP contribution < -0.4 is 5.73 Å². The largest absolute Gasteiger partial charge is 0.399 e. The van der Waals surface area contributed by atoms with Crippen molar-refractivity contribution in [1.29, 1.82) is 0 Å². The first kappa shape index (κ1) is 14.1. The lowest BCUT2D eigenvalue weighted by molar-refractivity contribution is -0.0667. The number of aliphatic hydroxyl groups excluding tert-OH is 1. The third-order valence-electron chi connectivity index (χ3n) is 3.19. The van der Waals surface area contributed by atoms with E-state index in [4.69, 9.17) is 27.2 Å². The van der Waals surface area contributed by atoms with E-state index >= 15 is 0 Å². The molecule has 1 aromatic carbocycles. The Bertz CT molecular complexity index is 481. The second-order valence-electron chi connectivity index (χ2n) is 4.68. The Labute approximate surface area is 116 Å². The lowest BCUT2D eigenvalue weighted by Crippen LogP contribution is -2.52. The molecule has 2 unspecified atom stereocenters. The number of aliphatic hydroxyl groups is 1.